The molecule has 2 N–H and O–H groups in total. The Hall–Kier alpha value is -4.00. The summed E-state index contributed by atoms with van der Waals surface area (Å²) in [4.78, 5) is 22.3. The number of carbonyl (C=O) groups is 1. The van der Waals surface area contributed by atoms with Crippen LogP contribution in [0.3, 0.4) is 0 Å². The number of nitrogens with zero attached hydrogens (tertiary/aromatic N) is 3. The molecule has 1 saturated heterocycles. The number of aromatic nitrogens is 2. The first-order valence-corrected chi connectivity index (χ1v) is 10.5. The molecule has 1 amide bonds. The maximum Gasteiger partial charge on any atom is 0.246 e. The fourth-order valence-corrected chi connectivity index (χ4v) is 3.79. The van der Waals surface area contributed by atoms with Gasteiger partial charge >= 0.3 is 0 Å². The van der Waals surface area contributed by atoms with Crippen LogP contribution in [0.15, 0.2) is 79.8 Å². The molecule has 0 aliphatic carbocycles. The highest BCUT2D eigenvalue weighted by Crippen LogP contribution is 2.24. The summed E-state index contributed by atoms with van der Waals surface area (Å²) in [6.07, 6.45) is 6.34. The Morgan fingerprint density at radius 2 is 1.94 bits per heavy atom. The number of nitrogens with one attached hydrogen (secondary N) is 2. The molecule has 0 radical (unpaired) electrons. The normalized spacial score (nSPS) is 15.2. The van der Waals surface area contributed by atoms with Gasteiger partial charge in [-0.2, -0.15) is 0 Å². The molecule has 2 heterocycles. The second-order valence-corrected chi connectivity index (χ2v) is 7.51. The second-order valence-electron chi connectivity index (χ2n) is 7.51. The van der Waals surface area contributed by atoms with Crippen LogP contribution in [0.1, 0.15) is 24.0 Å². The second kappa shape index (κ2) is 9.87. The van der Waals surface area contributed by atoms with Gasteiger partial charge in [0.25, 0.3) is 0 Å². The van der Waals surface area contributed by atoms with E-state index in [1.807, 2.05) is 59.5 Å². The number of anilines is 1. The van der Waals surface area contributed by atoms with Crippen molar-refractivity contribution in [2.45, 2.75) is 18.9 Å². The van der Waals surface area contributed by atoms with Crippen LogP contribution >= 0.6 is 0 Å². The molecule has 3 aromatic rings. The van der Waals surface area contributed by atoms with Crippen LogP contribution in [0.2, 0.25) is 0 Å². The van der Waals surface area contributed by atoms with Gasteiger partial charge < -0.3 is 15.0 Å². The van der Waals surface area contributed by atoms with Crippen molar-refractivity contribution < 1.29 is 9.53 Å². The first-order valence-electron chi connectivity index (χ1n) is 10.5. The van der Waals surface area contributed by atoms with Crippen LogP contribution in [0, 0.1) is 5.41 Å². The van der Waals surface area contributed by atoms with Crippen molar-refractivity contribution in [1.29, 1.82) is 5.41 Å². The van der Waals surface area contributed by atoms with Gasteiger partial charge in [0, 0.05) is 30.9 Å². The van der Waals surface area contributed by atoms with Gasteiger partial charge in [0.2, 0.25) is 5.91 Å². The molecule has 1 fully saturated rings. The zero-order valence-corrected chi connectivity index (χ0v) is 17.7. The molecule has 1 aliphatic heterocycles. The lowest BCUT2D eigenvalue weighted by Gasteiger charge is -2.24. The number of hydrogen-bond acceptors (Lipinski definition) is 6. The van der Waals surface area contributed by atoms with Gasteiger partial charge in [-0.3, -0.25) is 10.2 Å². The molecular weight excluding hydrogens is 402 g/mol. The van der Waals surface area contributed by atoms with Gasteiger partial charge in [0.1, 0.15) is 23.6 Å². The number of ether oxygens (including phenoxy) is 1. The minimum absolute atomic E-state index is 0.0530. The van der Waals surface area contributed by atoms with Crippen molar-refractivity contribution in [3.63, 3.8) is 0 Å². The van der Waals surface area contributed by atoms with Crippen molar-refractivity contribution in [2.75, 3.05) is 18.4 Å². The molecule has 0 bridgehead atoms. The van der Waals surface area contributed by atoms with Crippen molar-refractivity contribution >= 4 is 17.4 Å². The number of benzene rings is 2. The van der Waals surface area contributed by atoms with Gasteiger partial charge in [0.15, 0.2) is 0 Å². The quantitative estimate of drug-likeness (QED) is 0.414. The van der Waals surface area contributed by atoms with Gasteiger partial charge in [0.05, 0.1) is 11.3 Å². The van der Waals surface area contributed by atoms with E-state index in [2.05, 4.69) is 21.9 Å². The topological polar surface area (TPSA) is 91.2 Å². The minimum atomic E-state index is -0.0530. The van der Waals surface area contributed by atoms with Crippen molar-refractivity contribution in [3.05, 3.63) is 90.9 Å². The Bertz CT molecular complexity index is 1100. The number of likely N-dealkylation sites (tertiary alicyclic amines) is 1. The summed E-state index contributed by atoms with van der Waals surface area (Å²) in [6, 6.07) is 17.0. The first kappa shape index (κ1) is 21.2. The van der Waals surface area contributed by atoms with E-state index in [1.165, 1.54) is 12.4 Å². The third-order valence-electron chi connectivity index (χ3n) is 5.44. The van der Waals surface area contributed by atoms with E-state index < -0.39 is 0 Å². The molecule has 32 heavy (non-hydrogen) atoms. The minimum Gasteiger partial charge on any atom is -0.457 e. The lowest BCUT2D eigenvalue weighted by atomic mass is 10.0. The van der Waals surface area contributed by atoms with Gasteiger partial charge in [-0.25, -0.2) is 9.97 Å². The Balaban J connectivity index is 1.45. The Kier molecular flexibility index (Phi) is 6.55. The Morgan fingerprint density at radius 1 is 1.19 bits per heavy atom. The SMILES string of the molecule is C=CC(=O)N1CCCC1CNc1ncncc1C(=N)c1ccc(Oc2ccccc2)cc1. The molecule has 4 rings (SSSR count). The summed E-state index contributed by atoms with van der Waals surface area (Å²) in [5.41, 5.74) is 1.64. The summed E-state index contributed by atoms with van der Waals surface area (Å²) in [5.74, 6) is 1.98. The predicted molar refractivity (Wildman–Crippen MR) is 124 cm³/mol. The van der Waals surface area contributed by atoms with Crippen LogP contribution < -0.4 is 10.1 Å². The standard InChI is InChI=1S/C25H25N5O2/c1-2-23(31)30-14-6-7-19(30)15-28-25-22(16-27-17-29-25)24(26)18-10-12-21(13-11-18)32-20-8-4-3-5-9-20/h2-5,8-13,16-17,19,26H,1,6-7,14-15H2,(H,27,28,29). The summed E-state index contributed by atoms with van der Waals surface area (Å²) in [5, 5.41) is 12.0. The average molecular weight is 428 g/mol. The summed E-state index contributed by atoms with van der Waals surface area (Å²) in [7, 11) is 0. The molecule has 2 aromatic carbocycles. The third kappa shape index (κ3) is 4.83. The summed E-state index contributed by atoms with van der Waals surface area (Å²) in [6.45, 7) is 4.88. The van der Waals surface area contributed by atoms with Gasteiger partial charge in [-0.05, 0) is 55.3 Å². The van der Waals surface area contributed by atoms with Crippen LogP contribution in [-0.2, 0) is 4.79 Å². The first-order chi connectivity index (χ1) is 15.7. The largest absolute Gasteiger partial charge is 0.457 e. The Labute approximate surface area is 187 Å². The zero-order chi connectivity index (χ0) is 22.3. The molecule has 1 aromatic heterocycles. The monoisotopic (exact) mass is 427 g/mol. The molecule has 1 aliphatic rings. The van der Waals surface area contributed by atoms with Crippen molar-refractivity contribution in [3.8, 4) is 11.5 Å². The van der Waals surface area contributed by atoms with E-state index in [9.17, 15) is 4.79 Å². The van der Waals surface area contributed by atoms with Crippen LogP contribution in [-0.4, -0.2) is 45.6 Å². The number of hydrogen-bond donors (Lipinski definition) is 2. The average Bonchev–Trinajstić information content (AvgIpc) is 3.32. The predicted octanol–water partition coefficient (Wildman–Crippen LogP) is 4.27. The number of para-hydroxylation sites is 1. The van der Waals surface area contributed by atoms with E-state index in [-0.39, 0.29) is 11.9 Å². The molecule has 7 nitrogen and oxygen atoms in total. The van der Waals surface area contributed by atoms with Crippen molar-refractivity contribution in [1.82, 2.24) is 14.9 Å². The molecule has 7 heteroatoms. The lowest BCUT2D eigenvalue weighted by molar-refractivity contribution is -0.126. The van der Waals surface area contributed by atoms with E-state index >= 15 is 0 Å². The molecule has 162 valence electrons. The highest BCUT2D eigenvalue weighted by molar-refractivity contribution is 6.13. The molecule has 0 saturated carbocycles. The number of amides is 1. The van der Waals surface area contributed by atoms with E-state index in [0.717, 1.165) is 30.7 Å². The Morgan fingerprint density at radius 3 is 2.69 bits per heavy atom. The highest BCUT2D eigenvalue weighted by Gasteiger charge is 2.27. The van der Waals surface area contributed by atoms with Gasteiger partial charge in [-0.1, -0.05) is 24.8 Å². The summed E-state index contributed by atoms with van der Waals surface area (Å²) >= 11 is 0. The van der Waals surface area contributed by atoms with Crippen LogP contribution in [0.4, 0.5) is 5.82 Å². The van der Waals surface area contributed by atoms with E-state index in [0.29, 0.717) is 29.4 Å². The number of rotatable bonds is 8. The third-order valence-corrected chi connectivity index (χ3v) is 5.44. The maximum atomic E-state index is 12.0. The number of carbonyl (C=O) groups excluding carboxylic acids is 1. The van der Waals surface area contributed by atoms with E-state index in [4.69, 9.17) is 10.1 Å². The van der Waals surface area contributed by atoms with Crippen LogP contribution in [0.25, 0.3) is 0 Å². The smallest absolute Gasteiger partial charge is 0.246 e. The van der Waals surface area contributed by atoms with Crippen LogP contribution in [0.5, 0.6) is 11.5 Å². The zero-order valence-electron chi connectivity index (χ0n) is 17.7. The van der Waals surface area contributed by atoms with Crippen molar-refractivity contribution in [2.24, 2.45) is 0 Å². The maximum absolute atomic E-state index is 12.0. The molecule has 1 unspecified atom stereocenters. The molecule has 1 atom stereocenters. The fraction of sp³-hybridized carbons (Fsp3) is 0.200. The lowest BCUT2D eigenvalue weighted by Crippen LogP contribution is -2.38. The van der Waals surface area contributed by atoms with E-state index in [1.54, 1.807) is 6.20 Å². The van der Waals surface area contributed by atoms with Gasteiger partial charge in [-0.15, -0.1) is 0 Å². The fourth-order valence-electron chi connectivity index (χ4n) is 3.79. The molecular formula is C25H25N5O2. The summed E-state index contributed by atoms with van der Waals surface area (Å²) < 4.78 is 5.83. The highest BCUT2D eigenvalue weighted by atomic mass is 16.5. The molecule has 0 spiro atoms.